The van der Waals surface area contributed by atoms with Gasteiger partial charge < -0.3 is 10.6 Å². The van der Waals surface area contributed by atoms with Crippen LogP contribution in [0.25, 0.3) is 0 Å². The summed E-state index contributed by atoms with van der Waals surface area (Å²) in [7, 11) is 0. The van der Waals surface area contributed by atoms with E-state index in [1.807, 2.05) is 0 Å². The van der Waals surface area contributed by atoms with Crippen molar-refractivity contribution in [2.75, 3.05) is 26.2 Å². The molecule has 0 aromatic carbocycles. The van der Waals surface area contributed by atoms with Crippen LogP contribution in [-0.2, 0) is 4.79 Å². The first-order valence-electron chi connectivity index (χ1n) is 6.43. The molecule has 0 spiro atoms. The van der Waals surface area contributed by atoms with Gasteiger partial charge in [-0.05, 0) is 19.4 Å². The lowest BCUT2D eigenvalue weighted by Gasteiger charge is -2.36. The molecule has 0 aromatic rings. The number of fused-ring (bicyclic) bond motifs is 1. The van der Waals surface area contributed by atoms with Crippen molar-refractivity contribution in [1.82, 2.24) is 15.5 Å². The maximum Gasteiger partial charge on any atom is 0.224 e. The van der Waals surface area contributed by atoms with E-state index >= 15 is 0 Å². The summed E-state index contributed by atoms with van der Waals surface area (Å²) in [5, 5.41) is 6.43. The fourth-order valence-corrected chi connectivity index (χ4v) is 2.81. The zero-order chi connectivity index (χ0) is 11.5. The Bertz CT molecular complexity index is 255. The second kappa shape index (κ2) is 5.15. The molecule has 2 saturated heterocycles. The summed E-state index contributed by atoms with van der Waals surface area (Å²) in [5.74, 6) is 0.527. The van der Waals surface area contributed by atoms with Gasteiger partial charge in [0.25, 0.3) is 0 Å². The first-order chi connectivity index (χ1) is 7.68. The Morgan fingerprint density at radius 3 is 3.12 bits per heavy atom. The average molecular weight is 225 g/mol. The second-order valence-corrected chi connectivity index (χ2v) is 5.21. The molecule has 2 heterocycles. The summed E-state index contributed by atoms with van der Waals surface area (Å²) in [6.07, 6.45) is 2.24. The van der Waals surface area contributed by atoms with Gasteiger partial charge in [0.2, 0.25) is 5.91 Å². The molecule has 0 aromatic heterocycles. The number of hydrogen-bond acceptors (Lipinski definition) is 3. The molecule has 2 atom stereocenters. The fourth-order valence-electron chi connectivity index (χ4n) is 2.81. The van der Waals surface area contributed by atoms with Crippen LogP contribution in [0.15, 0.2) is 0 Å². The molecule has 2 N–H and O–H groups in total. The lowest BCUT2D eigenvalue weighted by molar-refractivity contribution is -0.124. The smallest absolute Gasteiger partial charge is 0.224 e. The summed E-state index contributed by atoms with van der Waals surface area (Å²) in [6, 6.07) is 0.999. The number of nitrogens with one attached hydrogen (secondary N) is 2. The predicted octanol–water partition coefficient (Wildman–Crippen LogP) is 0.195. The number of piperidine rings is 1. The summed E-state index contributed by atoms with van der Waals surface area (Å²) in [5.41, 5.74) is 0. The molecule has 2 aliphatic heterocycles. The van der Waals surface area contributed by atoms with Crippen molar-refractivity contribution in [2.24, 2.45) is 5.92 Å². The molecule has 1 amide bonds. The molecule has 0 bridgehead atoms. The van der Waals surface area contributed by atoms with Crippen molar-refractivity contribution in [3.8, 4) is 0 Å². The fraction of sp³-hybridized carbons (Fsp3) is 0.917. The summed E-state index contributed by atoms with van der Waals surface area (Å²) >= 11 is 0. The van der Waals surface area contributed by atoms with Gasteiger partial charge in [-0.2, -0.15) is 0 Å². The number of carbonyl (C=O) groups is 1. The molecule has 0 saturated carbocycles. The van der Waals surface area contributed by atoms with E-state index in [9.17, 15) is 4.79 Å². The Balaban J connectivity index is 1.82. The molecule has 4 heteroatoms. The van der Waals surface area contributed by atoms with E-state index in [-0.39, 0.29) is 11.8 Å². The van der Waals surface area contributed by atoms with E-state index in [0.29, 0.717) is 12.1 Å². The molecular weight excluding hydrogens is 202 g/mol. The normalized spacial score (nSPS) is 30.6. The highest BCUT2D eigenvalue weighted by Crippen LogP contribution is 2.26. The highest BCUT2D eigenvalue weighted by molar-refractivity contribution is 5.82. The predicted molar refractivity (Wildman–Crippen MR) is 64.2 cm³/mol. The number of carbonyl (C=O) groups excluding carboxylic acids is 1. The van der Waals surface area contributed by atoms with E-state index in [4.69, 9.17) is 0 Å². The number of hydrogen-bond donors (Lipinski definition) is 2. The topological polar surface area (TPSA) is 44.4 Å². The van der Waals surface area contributed by atoms with E-state index < -0.39 is 0 Å². The van der Waals surface area contributed by atoms with Crippen LogP contribution in [-0.4, -0.2) is 49.1 Å². The van der Waals surface area contributed by atoms with Gasteiger partial charge in [0.1, 0.15) is 0 Å². The van der Waals surface area contributed by atoms with E-state index in [2.05, 4.69) is 29.4 Å². The first kappa shape index (κ1) is 11.9. The van der Waals surface area contributed by atoms with Gasteiger partial charge in [-0.3, -0.25) is 9.69 Å². The SMILES string of the molecule is CC(C)NCCN1CCCC2C(=O)NCC21. The number of nitrogens with zero attached hydrogens (tertiary/aromatic N) is 1. The van der Waals surface area contributed by atoms with Gasteiger partial charge in [0.15, 0.2) is 0 Å². The molecule has 92 valence electrons. The minimum absolute atomic E-state index is 0.257. The minimum atomic E-state index is 0.257. The Kier molecular flexibility index (Phi) is 3.82. The van der Waals surface area contributed by atoms with Gasteiger partial charge in [-0.15, -0.1) is 0 Å². The molecule has 2 unspecified atom stereocenters. The van der Waals surface area contributed by atoms with Crippen LogP contribution in [0.1, 0.15) is 26.7 Å². The van der Waals surface area contributed by atoms with E-state index in [0.717, 1.165) is 39.0 Å². The second-order valence-electron chi connectivity index (χ2n) is 5.21. The molecule has 2 rings (SSSR count). The Morgan fingerprint density at radius 2 is 2.38 bits per heavy atom. The lowest BCUT2D eigenvalue weighted by atomic mass is 9.91. The molecular formula is C12H23N3O. The molecule has 4 nitrogen and oxygen atoms in total. The number of rotatable bonds is 4. The average Bonchev–Trinajstić information content (AvgIpc) is 2.61. The van der Waals surface area contributed by atoms with Crippen LogP contribution in [0.5, 0.6) is 0 Å². The van der Waals surface area contributed by atoms with Gasteiger partial charge in [0, 0.05) is 31.7 Å². The Labute approximate surface area is 97.8 Å². The standard InChI is InChI=1S/C12H23N3O/c1-9(2)13-5-7-15-6-3-4-10-11(15)8-14-12(10)16/h9-11,13H,3-8H2,1-2H3,(H,14,16). The van der Waals surface area contributed by atoms with Crippen LogP contribution in [0.4, 0.5) is 0 Å². The maximum atomic E-state index is 11.6. The van der Waals surface area contributed by atoms with Crippen molar-refractivity contribution >= 4 is 5.91 Å². The quantitative estimate of drug-likeness (QED) is 0.718. The molecule has 2 aliphatic rings. The molecule has 0 radical (unpaired) electrons. The monoisotopic (exact) mass is 225 g/mol. The largest absolute Gasteiger partial charge is 0.354 e. The van der Waals surface area contributed by atoms with Crippen LogP contribution < -0.4 is 10.6 Å². The van der Waals surface area contributed by atoms with Crippen LogP contribution >= 0.6 is 0 Å². The van der Waals surface area contributed by atoms with Crippen molar-refractivity contribution in [2.45, 2.75) is 38.8 Å². The van der Waals surface area contributed by atoms with Gasteiger partial charge in [-0.1, -0.05) is 13.8 Å². The van der Waals surface area contributed by atoms with E-state index in [1.54, 1.807) is 0 Å². The van der Waals surface area contributed by atoms with Crippen LogP contribution in [0.3, 0.4) is 0 Å². The third kappa shape index (κ3) is 2.55. The van der Waals surface area contributed by atoms with Crippen LogP contribution in [0.2, 0.25) is 0 Å². The van der Waals surface area contributed by atoms with Crippen molar-refractivity contribution < 1.29 is 4.79 Å². The molecule has 16 heavy (non-hydrogen) atoms. The van der Waals surface area contributed by atoms with Crippen molar-refractivity contribution in [1.29, 1.82) is 0 Å². The maximum absolute atomic E-state index is 11.6. The number of likely N-dealkylation sites (tertiary alicyclic amines) is 1. The first-order valence-corrected chi connectivity index (χ1v) is 6.43. The number of amides is 1. The molecule has 0 aliphatic carbocycles. The third-order valence-electron chi connectivity index (χ3n) is 3.67. The third-order valence-corrected chi connectivity index (χ3v) is 3.67. The summed E-state index contributed by atoms with van der Waals surface area (Å²) in [6.45, 7) is 8.42. The zero-order valence-corrected chi connectivity index (χ0v) is 10.3. The lowest BCUT2D eigenvalue weighted by Crippen LogP contribution is -2.48. The Hall–Kier alpha value is -0.610. The molecule has 2 fully saturated rings. The highest BCUT2D eigenvalue weighted by Gasteiger charge is 2.40. The van der Waals surface area contributed by atoms with Gasteiger partial charge >= 0.3 is 0 Å². The zero-order valence-electron chi connectivity index (χ0n) is 10.3. The van der Waals surface area contributed by atoms with Crippen LogP contribution in [0, 0.1) is 5.92 Å². The van der Waals surface area contributed by atoms with E-state index in [1.165, 1.54) is 0 Å². The minimum Gasteiger partial charge on any atom is -0.354 e. The van der Waals surface area contributed by atoms with Gasteiger partial charge in [0.05, 0.1) is 5.92 Å². The Morgan fingerprint density at radius 1 is 1.56 bits per heavy atom. The van der Waals surface area contributed by atoms with Crippen molar-refractivity contribution in [3.63, 3.8) is 0 Å². The van der Waals surface area contributed by atoms with Gasteiger partial charge in [-0.25, -0.2) is 0 Å². The summed E-state index contributed by atoms with van der Waals surface area (Å²) in [4.78, 5) is 14.1. The van der Waals surface area contributed by atoms with Crippen molar-refractivity contribution in [3.05, 3.63) is 0 Å². The highest BCUT2D eigenvalue weighted by atomic mass is 16.2. The summed E-state index contributed by atoms with van der Waals surface area (Å²) < 4.78 is 0.